The predicted molar refractivity (Wildman–Crippen MR) is 100 cm³/mol. The molecule has 0 fully saturated rings. The number of carbonyl (C=O) groups excluding carboxylic acids is 1. The first-order valence-electron chi connectivity index (χ1n) is 8.19. The van der Waals surface area contributed by atoms with Gasteiger partial charge < -0.3 is 5.32 Å². The number of nitrogens with zero attached hydrogens (tertiary/aromatic N) is 1. The molecule has 0 aromatic heterocycles. The van der Waals surface area contributed by atoms with Crippen molar-refractivity contribution in [3.8, 4) is 0 Å². The number of hydrogen-bond donors (Lipinski definition) is 1. The minimum Gasteiger partial charge on any atom is -0.348 e. The number of carbonyl (C=O) groups is 1. The highest BCUT2D eigenvalue weighted by atomic mass is 79.9. The van der Waals surface area contributed by atoms with E-state index in [0.717, 1.165) is 41.7 Å². The standard InChI is InChI=1S/C20H21BrN2O/c21-19-9-5-4-8-18(19)14-22-20(24)17-10-12-23(13-11-17)15-16-6-2-1-3-7-16/h1-10H,11-15H2,(H,22,24). The van der Waals surface area contributed by atoms with Crippen molar-refractivity contribution in [1.82, 2.24) is 10.2 Å². The van der Waals surface area contributed by atoms with Gasteiger partial charge in [-0.1, -0.05) is 70.5 Å². The predicted octanol–water partition coefficient (Wildman–Crippen LogP) is 3.90. The van der Waals surface area contributed by atoms with E-state index in [1.54, 1.807) is 0 Å². The molecule has 0 saturated carbocycles. The van der Waals surface area contributed by atoms with Gasteiger partial charge in [0.1, 0.15) is 0 Å². The highest BCUT2D eigenvalue weighted by molar-refractivity contribution is 9.10. The molecular formula is C20H21BrN2O. The molecule has 0 aliphatic carbocycles. The SMILES string of the molecule is O=C(NCc1ccccc1Br)C1=CCN(Cc2ccccc2)CC1. The average molecular weight is 385 g/mol. The third-order valence-electron chi connectivity index (χ3n) is 4.23. The van der Waals surface area contributed by atoms with Crippen molar-refractivity contribution in [2.75, 3.05) is 13.1 Å². The summed E-state index contributed by atoms with van der Waals surface area (Å²) in [6, 6.07) is 18.4. The highest BCUT2D eigenvalue weighted by Gasteiger charge is 2.17. The third kappa shape index (κ3) is 4.56. The minimum absolute atomic E-state index is 0.0464. The first-order valence-corrected chi connectivity index (χ1v) is 8.98. The fourth-order valence-corrected chi connectivity index (χ4v) is 3.26. The zero-order valence-electron chi connectivity index (χ0n) is 13.5. The van der Waals surface area contributed by atoms with E-state index in [1.165, 1.54) is 5.56 Å². The van der Waals surface area contributed by atoms with Crippen LogP contribution in [0, 0.1) is 0 Å². The van der Waals surface area contributed by atoms with Gasteiger partial charge in [-0.3, -0.25) is 9.69 Å². The van der Waals surface area contributed by atoms with Gasteiger partial charge in [0.25, 0.3) is 0 Å². The maximum absolute atomic E-state index is 12.3. The first kappa shape index (κ1) is 16.9. The molecule has 0 radical (unpaired) electrons. The van der Waals surface area contributed by atoms with Gasteiger partial charge in [-0.05, 0) is 23.6 Å². The van der Waals surface area contributed by atoms with Crippen LogP contribution in [0.2, 0.25) is 0 Å². The Labute approximate surface area is 151 Å². The summed E-state index contributed by atoms with van der Waals surface area (Å²) in [6.45, 7) is 3.23. The summed E-state index contributed by atoms with van der Waals surface area (Å²) in [5, 5.41) is 3.02. The molecule has 1 aliphatic rings. The van der Waals surface area contributed by atoms with E-state index in [0.29, 0.717) is 6.54 Å². The summed E-state index contributed by atoms with van der Waals surface area (Å²) >= 11 is 3.51. The number of hydrogen-bond acceptors (Lipinski definition) is 2. The van der Waals surface area contributed by atoms with Crippen molar-refractivity contribution in [3.63, 3.8) is 0 Å². The molecule has 3 nitrogen and oxygen atoms in total. The van der Waals surface area contributed by atoms with Crippen LogP contribution in [0.3, 0.4) is 0 Å². The Morgan fingerprint density at radius 1 is 1.08 bits per heavy atom. The lowest BCUT2D eigenvalue weighted by Crippen LogP contribution is -2.33. The molecular weight excluding hydrogens is 364 g/mol. The Balaban J connectivity index is 1.51. The van der Waals surface area contributed by atoms with E-state index in [2.05, 4.69) is 56.5 Å². The Bertz CT molecular complexity index is 727. The zero-order chi connectivity index (χ0) is 16.8. The molecule has 2 aromatic carbocycles. The van der Waals surface area contributed by atoms with E-state index in [-0.39, 0.29) is 5.91 Å². The van der Waals surface area contributed by atoms with Crippen LogP contribution in [0.25, 0.3) is 0 Å². The molecule has 1 amide bonds. The van der Waals surface area contributed by atoms with Crippen LogP contribution >= 0.6 is 15.9 Å². The van der Waals surface area contributed by atoms with Crippen molar-refractivity contribution in [2.24, 2.45) is 0 Å². The average Bonchev–Trinajstić information content (AvgIpc) is 2.62. The van der Waals surface area contributed by atoms with E-state index in [4.69, 9.17) is 0 Å². The number of rotatable bonds is 5. The van der Waals surface area contributed by atoms with Crippen LogP contribution in [0.5, 0.6) is 0 Å². The van der Waals surface area contributed by atoms with Crippen LogP contribution < -0.4 is 5.32 Å². The van der Waals surface area contributed by atoms with Crippen LogP contribution in [0.15, 0.2) is 70.7 Å². The van der Waals surface area contributed by atoms with Crippen LogP contribution in [-0.4, -0.2) is 23.9 Å². The van der Waals surface area contributed by atoms with Gasteiger partial charge in [0.15, 0.2) is 0 Å². The Hall–Kier alpha value is -1.91. The molecule has 1 N–H and O–H groups in total. The Morgan fingerprint density at radius 3 is 2.54 bits per heavy atom. The Kier molecular flexibility index (Phi) is 5.83. The second-order valence-corrected chi connectivity index (χ2v) is 6.83. The molecule has 4 heteroatoms. The van der Waals surface area contributed by atoms with Crippen molar-refractivity contribution in [2.45, 2.75) is 19.5 Å². The second-order valence-electron chi connectivity index (χ2n) is 5.97. The molecule has 0 unspecified atom stereocenters. The number of amides is 1. The van der Waals surface area contributed by atoms with Gasteiger partial charge >= 0.3 is 0 Å². The lowest BCUT2D eigenvalue weighted by molar-refractivity contribution is -0.117. The molecule has 3 rings (SSSR count). The quantitative estimate of drug-likeness (QED) is 0.847. The van der Waals surface area contributed by atoms with Crippen molar-refractivity contribution >= 4 is 21.8 Å². The molecule has 0 atom stereocenters. The van der Waals surface area contributed by atoms with Gasteiger partial charge in [0.2, 0.25) is 5.91 Å². The molecule has 0 saturated heterocycles. The number of benzene rings is 2. The van der Waals surface area contributed by atoms with Gasteiger partial charge in [0, 0.05) is 36.2 Å². The summed E-state index contributed by atoms with van der Waals surface area (Å²) in [5.41, 5.74) is 3.30. The van der Waals surface area contributed by atoms with Crippen LogP contribution in [0.4, 0.5) is 0 Å². The van der Waals surface area contributed by atoms with E-state index in [9.17, 15) is 4.79 Å². The molecule has 1 aliphatic heterocycles. The van der Waals surface area contributed by atoms with E-state index in [1.807, 2.05) is 30.3 Å². The maximum Gasteiger partial charge on any atom is 0.247 e. The topological polar surface area (TPSA) is 32.3 Å². The molecule has 124 valence electrons. The van der Waals surface area contributed by atoms with Gasteiger partial charge in [0.05, 0.1) is 0 Å². The lowest BCUT2D eigenvalue weighted by atomic mass is 10.1. The summed E-state index contributed by atoms with van der Waals surface area (Å²) < 4.78 is 1.02. The van der Waals surface area contributed by atoms with Crippen molar-refractivity contribution < 1.29 is 4.79 Å². The van der Waals surface area contributed by atoms with Gasteiger partial charge in [-0.2, -0.15) is 0 Å². The van der Waals surface area contributed by atoms with Gasteiger partial charge in [-0.15, -0.1) is 0 Å². The van der Waals surface area contributed by atoms with Crippen LogP contribution in [0.1, 0.15) is 17.5 Å². The van der Waals surface area contributed by atoms with Crippen molar-refractivity contribution in [3.05, 3.63) is 81.8 Å². The molecule has 2 aromatic rings. The second kappa shape index (κ2) is 8.27. The first-order chi connectivity index (χ1) is 11.7. The number of nitrogens with one attached hydrogen (secondary N) is 1. The third-order valence-corrected chi connectivity index (χ3v) is 5.00. The van der Waals surface area contributed by atoms with Crippen molar-refractivity contribution in [1.29, 1.82) is 0 Å². The molecule has 0 bridgehead atoms. The zero-order valence-corrected chi connectivity index (χ0v) is 15.1. The molecule has 1 heterocycles. The fraction of sp³-hybridized carbons (Fsp3) is 0.250. The van der Waals surface area contributed by atoms with E-state index < -0.39 is 0 Å². The molecule has 24 heavy (non-hydrogen) atoms. The van der Waals surface area contributed by atoms with Crippen LogP contribution in [-0.2, 0) is 17.9 Å². The smallest absolute Gasteiger partial charge is 0.247 e. The summed E-state index contributed by atoms with van der Waals surface area (Å²) in [7, 11) is 0. The fourth-order valence-electron chi connectivity index (χ4n) is 2.83. The lowest BCUT2D eigenvalue weighted by Gasteiger charge is -2.26. The Morgan fingerprint density at radius 2 is 1.83 bits per heavy atom. The molecule has 0 spiro atoms. The normalized spacial score (nSPS) is 15.0. The number of halogens is 1. The monoisotopic (exact) mass is 384 g/mol. The summed E-state index contributed by atoms with van der Waals surface area (Å²) in [5.74, 6) is 0.0464. The summed E-state index contributed by atoms with van der Waals surface area (Å²) in [6.07, 6.45) is 2.86. The van der Waals surface area contributed by atoms with Gasteiger partial charge in [-0.25, -0.2) is 0 Å². The van der Waals surface area contributed by atoms with E-state index >= 15 is 0 Å². The largest absolute Gasteiger partial charge is 0.348 e. The summed E-state index contributed by atoms with van der Waals surface area (Å²) in [4.78, 5) is 14.7. The maximum atomic E-state index is 12.3. The highest BCUT2D eigenvalue weighted by Crippen LogP contribution is 2.17. The minimum atomic E-state index is 0.0464.